The van der Waals surface area contributed by atoms with E-state index in [0.29, 0.717) is 40.9 Å². The fourth-order valence-corrected chi connectivity index (χ4v) is 3.60. The van der Waals surface area contributed by atoms with E-state index in [2.05, 4.69) is 31.0 Å². The number of pyridine rings is 1. The Kier molecular flexibility index (Phi) is 5.17. The van der Waals surface area contributed by atoms with Gasteiger partial charge in [0.25, 0.3) is 5.91 Å². The molecule has 3 amide bonds. The Balaban J connectivity index is 1.44. The summed E-state index contributed by atoms with van der Waals surface area (Å²) in [6, 6.07) is 8.82. The zero-order valence-corrected chi connectivity index (χ0v) is 18.2. The van der Waals surface area contributed by atoms with Gasteiger partial charge in [0.1, 0.15) is 18.0 Å². The highest BCUT2D eigenvalue weighted by molar-refractivity contribution is 6.06. The number of hydrogen-bond acceptors (Lipinski definition) is 6. The van der Waals surface area contributed by atoms with Crippen LogP contribution in [0.1, 0.15) is 28.9 Å². The number of halogens is 1. The molecule has 0 unspecified atom stereocenters. The summed E-state index contributed by atoms with van der Waals surface area (Å²) < 4.78 is 16.5. The average molecular weight is 460 g/mol. The summed E-state index contributed by atoms with van der Waals surface area (Å²) in [7, 11) is 0. The van der Waals surface area contributed by atoms with E-state index in [1.54, 1.807) is 43.6 Å². The Labute approximate surface area is 193 Å². The average Bonchev–Trinajstić information content (AvgIpc) is 3.38. The van der Waals surface area contributed by atoms with E-state index in [1.807, 2.05) is 0 Å². The van der Waals surface area contributed by atoms with E-state index in [-0.39, 0.29) is 11.6 Å². The zero-order chi connectivity index (χ0) is 23.9. The standard InChI is InChI=1S/C23H21FN8O2/c1-13-3-2-4-19(28-13)30-22(34)29-17-6-5-14(9-16(17)24)20-15(21(33)31-23(25)7-8-23)11-32-18(20)10-26-12-27-32/h2-6,9-12H,7-8,25H2,1H3,(H,31,33)(H2,28,29,30,34). The fourth-order valence-electron chi connectivity index (χ4n) is 3.60. The highest BCUT2D eigenvalue weighted by Crippen LogP contribution is 2.34. The third-order valence-electron chi connectivity index (χ3n) is 5.49. The van der Waals surface area contributed by atoms with Crippen LogP contribution in [0.3, 0.4) is 0 Å². The molecule has 0 radical (unpaired) electrons. The highest BCUT2D eigenvalue weighted by atomic mass is 19.1. The van der Waals surface area contributed by atoms with Crippen molar-refractivity contribution in [2.45, 2.75) is 25.4 Å². The monoisotopic (exact) mass is 460 g/mol. The number of carbonyl (C=O) groups is 2. The topological polar surface area (TPSA) is 139 Å². The smallest absolute Gasteiger partial charge is 0.324 e. The normalized spacial score (nSPS) is 14.0. The summed E-state index contributed by atoms with van der Waals surface area (Å²) in [6.07, 6.45) is 5.83. The molecule has 3 aromatic heterocycles. The van der Waals surface area contributed by atoms with Crippen molar-refractivity contribution in [2.75, 3.05) is 10.6 Å². The first-order valence-electron chi connectivity index (χ1n) is 10.6. The third kappa shape index (κ3) is 4.28. The van der Waals surface area contributed by atoms with Gasteiger partial charge < -0.3 is 16.4 Å². The van der Waals surface area contributed by atoms with Gasteiger partial charge in [0.15, 0.2) is 0 Å². The minimum atomic E-state index is -0.716. The number of nitrogens with two attached hydrogens (primary N) is 1. The van der Waals surface area contributed by atoms with Gasteiger partial charge in [-0.3, -0.25) is 10.1 Å². The molecule has 3 heterocycles. The molecule has 172 valence electrons. The van der Waals surface area contributed by atoms with Gasteiger partial charge in [-0.2, -0.15) is 5.10 Å². The van der Waals surface area contributed by atoms with Gasteiger partial charge in [-0.05, 0) is 49.6 Å². The van der Waals surface area contributed by atoms with Gasteiger partial charge in [0.2, 0.25) is 0 Å². The lowest BCUT2D eigenvalue weighted by atomic mass is 10.0. The van der Waals surface area contributed by atoms with Crippen molar-refractivity contribution in [3.05, 3.63) is 72.2 Å². The molecule has 4 aromatic rings. The first-order chi connectivity index (χ1) is 16.3. The van der Waals surface area contributed by atoms with Crippen LogP contribution >= 0.6 is 0 Å². The summed E-state index contributed by atoms with van der Waals surface area (Å²) in [6.45, 7) is 1.80. The van der Waals surface area contributed by atoms with Crippen LogP contribution in [0.5, 0.6) is 0 Å². The van der Waals surface area contributed by atoms with Gasteiger partial charge in [-0.25, -0.2) is 23.7 Å². The van der Waals surface area contributed by atoms with Crippen molar-refractivity contribution in [1.29, 1.82) is 0 Å². The van der Waals surface area contributed by atoms with Crippen molar-refractivity contribution >= 4 is 29.0 Å². The summed E-state index contributed by atoms with van der Waals surface area (Å²) in [5.74, 6) is -0.711. The molecule has 34 heavy (non-hydrogen) atoms. The van der Waals surface area contributed by atoms with Crippen LogP contribution in [0.4, 0.5) is 20.7 Å². The Morgan fingerprint density at radius 1 is 1.18 bits per heavy atom. The third-order valence-corrected chi connectivity index (χ3v) is 5.49. The molecule has 0 bridgehead atoms. The molecule has 1 fully saturated rings. The lowest BCUT2D eigenvalue weighted by molar-refractivity contribution is 0.0933. The van der Waals surface area contributed by atoms with Crippen LogP contribution in [0.15, 0.2) is 55.1 Å². The number of benzene rings is 1. The van der Waals surface area contributed by atoms with E-state index in [4.69, 9.17) is 5.73 Å². The van der Waals surface area contributed by atoms with Crippen molar-refractivity contribution < 1.29 is 14.0 Å². The van der Waals surface area contributed by atoms with Crippen molar-refractivity contribution in [3.63, 3.8) is 0 Å². The first kappa shape index (κ1) is 21.5. The number of amides is 3. The van der Waals surface area contributed by atoms with Crippen molar-refractivity contribution in [1.82, 2.24) is 24.9 Å². The number of rotatable bonds is 5. The number of fused-ring (bicyclic) bond motifs is 1. The Morgan fingerprint density at radius 2 is 2.00 bits per heavy atom. The maximum atomic E-state index is 15.0. The minimum Gasteiger partial charge on any atom is -0.334 e. The molecule has 11 heteroatoms. The van der Waals surface area contributed by atoms with Crippen LogP contribution in [-0.2, 0) is 0 Å². The first-order valence-corrected chi connectivity index (χ1v) is 10.6. The summed E-state index contributed by atoms with van der Waals surface area (Å²) in [5, 5.41) is 12.0. The Morgan fingerprint density at radius 3 is 2.74 bits per heavy atom. The lowest BCUT2D eigenvalue weighted by Gasteiger charge is -2.13. The maximum absolute atomic E-state index is 15.0. The fraction of sp³-hybridized carbons (Fsp3) is 0.174. The molecule has 5 rings (SSSR count). The molecule has 0 saturated heterocycles. The molecule has 0 atom stereocenters. The predicted molar refractivity (Wildman–Crippen MR) is 124 cm³/mol. The largest absolute Gasteiger partial charge is 0.334 e. The van der Waals surface area contributed by atoms with Gasteiger partial charge >= 0.3 is 6.03 Å². The molecule has 1 saturated carbocycles. The van der Waals surface area contributed by atoms with Crippen LogP contribution in [0.25, 0.3) is 16.6 Å². The van der Waals surface area contributed by atoms with Gasteiger partial charge in [-0.1, -0.05) is 12.1 Å². The number of nitrogens with zero attached hydrogens (tertiary/aromatic N) is 4. The molecule has 0 spiro atoms. The molecule has 5 N–H and O–H groups in total. The van der Waals surface area contributed by atoms with E-state index in [0.717, 1.165) is 5.69 Å². The summed E-state index contributed by atoms with van der Waals surface area (Å²) in [5.41, 5.74) is 7.74. The number of nitrogens with one attached hydrogen (secondary N) is 3. The maximum Gasteiger partial charge on any atom is 0.324 e. The SMILES string of the molecule is Cc1cccc(NC(=O)Nc2ccc(-c3c(C(=O)NC4(N)CC4)cn4ncncc34)cc2F)n1. The van der Waals surface area contributed by atoms with Crippen molar-refractivity contribution in [2.24, 2.45) is 5.73 Å². The van der Waals surface area contributed by atoms with Crippen molar-refractivity contribution in [3.8, 4) is 11.1 Å². The molecule has 0 aliphatic heterocycles. The quantitative estimate of drug-likeness (QED) is 0.338. The predicted octanol–water partition coefficient (Wildman–Crippen LogP) is 3.06. The van der Waals surface area contributed by atoms with Gasteiger partial charge in [0.05, 0.1) is 28.6 Å². The molecular weight excluding hydrogens is 439 g/mol. The molecule has 1 aliphatic carbocycles. The molecular formula is C23H21FN8O2. The number of aryl methyl sites for hydroxylation is 1. The van der Waals surface area contributed by atoms with Gasteiger partial charge in [-0.15, -0.1) is 0 Å². The van der Waals surface area contributed by atoms with E-state index < -0.39 is 17.5 Å². The molecule has 1 aromatic carbocycles. The number of hydrogen-bond donors (Lipinski definition) is 4. The molecule has 1 aliphatic rings. The second-order valence-electron chi connectivity index (χ2n) is 8.20. The number of urea groups is 1. The van der Waals surface area contributed by atoms with E-state index in [1.165, 1.54) is 23.0 Å². The minimum absolute atomic E-state index is 0.0291. The molecule has 10 nitrogen and oxygen atoms in total. The highest BCUT2D eigenvalue weighted by Gasteiger charge is 2.40. The second-order valence-corrected chi connectivity index (χ2v) is 8.20. The van der Waals surface area contributed by atoms with Crippen LogP contribution < -0.4 is 21.7 Å². The Bertz CT molecular complexity index is 1430. The number of anilines is 2. The summed E-state index contributed by atoms with van der Waals surface area (Å²) >= 11 is 0. The number of aromatic nitrogens is 4. The van der Waals surface area contributed by atoms with Crippen LogP contribution in [-0.4, -0.2) is 37.2 Å². The summed E-state index contributed by atoms with van der Waals surface area (Å²) in [4.78, 5) is 33.5. The number of carbonyl (C=O) groups excluding carboxylic acids is 2. The zero-order valence-electron chi connectivity index (χ0n) is 18.2. The Hall–Kier alpha value is -4.38. The van der Waals surface area contributed by atoms with E-state index >= 15 is 4.39 Å². The van der Waals surface area contributed by atoms with Gasteiger partial charge in [0, 0.05) is 17.5 Å². The van der Waals surface area contributed by atoms with Crippen LogP contribution in [0, 0.1) is 12.7 Å². The lowest BCUT2D eigenvalue weighted by Crippen LogP contribution is -2.43. The van der Waals surface area contributed by atoms with Crippen LogP contribution in [0.2, 0.25) is 0 Å². The van der Waals surface area contributed by atoms with E-state index in [9.17, 15) is 9.59 Å². The second kappa shape index (κ2) is 8.19.